The molecule has 0 aromatic heterocycles. The molecular formula is C16H13N3O4. The molecule has 3 rings (SSSR count). The van der Waals surface area contributed by atoms with Crippen molar-refractivity contribution in [1.29, 1.82) is 0 Å². The van der Waals surface area contributed by atoms with Crippen molar-refractivity contribution in [3.63, 3.8) is 0 Å². The fourth-order valence-electron chi connectivity index (χ4n) is 2.57. The summed E-state index contributed by atoms with van der Waals surface area (Å²) in [5.41, 5.74) is 0.857. The molecule has 1 N–H and O–H groups in total. The standard InChI is InChI=1S/C16H13N3O4/c20-15(11-5-2-1-3-6-11)18-14(10-17-16(18)21)12-7-4-8-13(9-12)19(22)23/h1-9,14H,10H2,(H,17,21). The fraction of sp³-hybridized carbons (Fsp3) is 0.125. The fourth-order valence-corrected chi connectivity index (χ4v) is 2.57. The lowest BCUT2D eigenvalue weighted by Gasteiger charge is -2.21. The lowest BCUT2D eigenvalue weighted by Crippen LogP contribution is -2.35. The predicted molar refractivity (Wildman–Crippen MR) is 81.8 cm³/mol. The molecule has 2 aromatic rings. The van der Waals surface area contributed by atoms with Crippen molar-refractivity contribution < 1.29 is 14.5 Å². The third kappa shape index (κ3) is 2.76. The summed E-state index contributed by atoms with van der Waals surface area (Å²) in [6.45, 7) is 0.221. The van der Waals surface area contributed by atoms with Gasteiger partial charge < -0.3 is 5.32 Å². The number of carbonyl (C=O) groups excluding carboxylic acids is 2. The SMILES string of the molecule is O=C1NCC(c2cccc([N+](=O)[O-])c2)N1C(=O)c1ccccc1. The summed E-state index contributed by atoms with van der Waals surface area (Å²) in [5, 5.41) is 13.5. The number of nitrogens with zero attached hydrogens (tertiary/aromatic N) is 2. The number of imide groups is 1. The van der Waals surface area contributed by atoms with E-state index in [0.29, 0.717) is 11.1 Å². The van der Waals surface area contributed by atoms with Crippen LogP contribution in [0.1, 0.15) is 22.0 Å². The first-order valence-corrected chi connectivity index (χ1v) is 6.98. The monoisotopic (exact) mass is 311 g/mol. The Morgan fingerprint density at radius 3 is 2.61 bits per heavy atom. The molecule has 116 valence electrons. The number of rotatable bonds is 3. The molecule has 7 nitrogen and oxygen atoms in total. The molecule has 1 fully saturated rings. The number of hydrogen-bond acceptors (Lipinski definition) is 4. The minimum Gasteiger partial charge on any atom is -0.335 e. The van der Waals surface area contributed by atoms with Gasteiger partial charge in [0.1, 0.15) is 0 Å². The summed E-state index contributed by atoms with van der Waals surface area (Å²) in [7, 11) is 0. The van der Waals surface area contributed by atoms with Gasteiger partial charge in [-0.25, -0.2) is 4.79 Å². The second-order valence-electron chi connectivity index (χ2n) is 5.10. The summed E-state index contributed by atoms with van der Waals surface area (Å²) < 4.78 is 0. The van der Waals surface area contributed by atoms with Crippen LogP contribution in [0.5, 0.6) is 0 Å². The minimum absolute atomic E-state index is 0.0750. The highest BCUT2D eigenvalue weighted by Gasteiger charge is 2.37. The third-order valence-electron chi connectivity index (χ3n) is 3.68. The van der Waals surface area contributed by atoms with E-state index >= 15 is 0 Å². The number of non-ortho nitro benzene ring substituents is 1. The smallest absolute Gasteiger partial charge is 0.325 e. The van der Waals surface area contributed by atoms with Gasteiger partial charge in [0.15, 0.2) is 0 Å². The maximum atomic E-state index is 12.6. The average molecular weight is 311 g/mol. The number of nitrogens with one attached hydrogen (secondary N) is 1. The van der Waals surface area contributed by atoms with Crippen molar-refractivity contribution in [2.24, 2.45) is 0 Å². The number of amides is 3. The van der Waals surface area contributed by atoms with E-state index < -0.39 is 22.9 Å². The Labute approximate surface area is 131 Å². The van der Waals surface area contributed by atoms with Crippen molar-refractivity contribution in [1.82, 2.24) is 10.2 Å². The minimum atomic E-state index is -0.574. The maximum absolute atomic E-state index is 12.6. The van der Waals surface area contributed by atoms with Crippen molar-refractivity contribution in [2.45, 2.75) is 6.04 Å². The van der Waals surface area contributed by atoms with E-state index in [2.05, 4.69) is 5.32 Å². The van der Waals surface area contributed by atoms with Gasteiger partial charge in [0.2, 0.25) is 0 Å². The molecule has 7 heteroatoms. The molecule has 1 atom stereocenters. The Bertz CT molecular complexity index is 776. The molecule has 3 amide bonds. The molecule has 0 saturated carbocycles. The summed E-state index contributed by atoms with van der Waals surface area (Å²) in [4.78, 5) is 36.2. The van der Waals surface area contributed by atoms with Gasteiger partial charge in [0.25, 0.3) is 11.6 Å². The highest BCUT2D eigenvalue weighted by Crippen LogP contribution is 2.28. The number of carbonyl (C=O) groups is 2. The second-order valence-corrected chi connectivity index (χ2v) is 5.10. The first-order chi connectivity index (χ1) is 11.1. The first-order valence-electron chi connectivity index (χ1n) is 6.98. The molecule has 0 spiro atoms. The van der Waals surface area contributed by atoms with Crippen LogP contribution in [0.2, 0.25) is 0 Å². The van der Waals surface area contributed by atoms with Crippen molar-refractivity contribution in [3.05, 3.63) is 75.8 Å². The zero-order valence-electron chi connectivity index (χ0n) is 12.0. The van der Waals surface area contributed by atoms with Gasteiger partial charge in [-0.2, -0.15) is 0 Å². The molecule has 0 radical (unpaired) electrons. The van der Waals surface area contributed by atoms with E-state index in [0.717, 1.165) is 4.90 Å². The molecular weight excluding hydrogens is 298 g/mol. The molecule has 23 heavy (non-hydrogen) atoms. The molecule has 0 bridgehead atoms. The summed E-state index contributed by atoms with van der Waals surface area (Å²) >= 11 is 0. The second kappa shape index (κ2) is 5.88. The molecule has 1 unspecified atom stereocenters. The summed E-state index contributed by atoms with van der Waals surface area (Å²) in [6.07, 6.45) is 0. The van der Waals surface area contributed by atoms with Crippen LogP contribution in [0, 0.1) is 10.1 Å². The van der Waals surface area contributed by atoms with Gasteiger partial charge in [-0.3, -0.25) is 19.8 Å². The summed E-state index contributed by atoms with van der Waals surface area (Å²) in [6, 6.07) is 13.3. The highest BCUT2D eigenvalue weighted by atomic mass is 16.6. The zero-order valence-corrected chi connectivity index (χ0v) is 12.0. The van der Waals surface area contributed by atoms with Crippen LogP contribution >= 0.6 is 0 Å². The van der Waals surface area contributed by atoms with E-state index in [-0.39, 0.29) is 12.2 Å². The molecule has 2 aromatic carbocycles. The van der Waals surface area contributed by atoms with E-state index in [1.54, 1.807) is 42.5 Å². The van der Waals surface area contributed by atoms with Crippen LogP contribution in [0.25, 0.3) is 0 Å². The number of hydrogen-bond donors (Lipinski definition) is 1. The lowest BCUT2D eigenvalue weighted by molar-refractivity contribution is -0.384. The molecule has 1 aliphatic rings. The van der Waals surface area contributed by atoms with Crippen molar-refractivity contribution in [3.8, 4) is 0 Å². The van der Waals surface area contributed by atoms with Crippen LogP contribution in [-0.4, -0.2) is 28.3 Å². The van der Waals surface area contributed by atoms with Crippen molar-refractivity contribution in [2.75, 3.05) is 6.54 Å². The lowest BCUT2D eigenvalue weighted by atomic mass is 10.0. The van der Waals surface area contributed by atoms with Crippen LogP contribution in [0.15, 0.2) is 54.6 Å². The molecule has 1 saturated heterocycles. The molecule has 1 heterocycles. The Morgan fingerprint density at radius 2 is 1.91 bits per heavy atom. The Kier molecular flexibility index (Phi) is 3.76. The van der Waals surface area contributed by atoms with Gasteiger partial charge >= 0.3 is 6.03 Å². The predicted octanol–water partition coefficient (Wildman–Crippen LogP) is 2.50. The highest BCUT2D eigenvalue weighted by molar-refractivity contribution is 6.05. The molecule has 1 aliphatic heterocycles. The quantitative estimate of drug-likeness (QED) is 0.696. The van der Waals surface area contributed by atoms with Gasteiger partial charge in [-0.05, 0) is 17.7 Å². The maximum Gasteiger partial charge on any atom is 0.325 e. The van der Waals surface area contributed by atoms with Crippen LogP contribution in [0.4, 0.5) is 10.5 Å². The van der Waals surface area contributed by atoms with E-state index in [9.17, 15) is 19.7 Å². The van der Waals surface area contributed by atoms with Gasteiger partial charge in [0, 0.05) is 24.2 Å². The Hall–Kier alpha value is -3.22. The van der Waals surface area contributed by atoms with Crippen LogP contribution < -0.4 is 5.32 Å². The largest absolute Gasteiger partial charge is 0.335 e. The van der Waals surface area contributed by atoms with Crippen molar-refractivity contribution >= 4 is 17.6 Å². The van der Waals surface area contributed by atoms with Gasteiger partial charge in [0.05, 0.1) is 11.0 Å². The van der Waals surface area contributed by atoms with Gasteiger partial charge in [-0.1, -0.05) is 30.3 Å². The number of urea groups is 1. The van der Waals surface area contributed by atoms with Crippen LogP contribution in [0.3, 0.4) is 0 Å². The number of nitro groups is 1. The average Bonchev–Trinajstić information content (AvgIpc) is 2.96. The van der Waals surface area contributed by atoms with E-state index in [1.165, 1.54) is 12.1 Å². The Morgan fingerprint density at radius 1 is 1.17 bits per heavy atom. The Balaban J connectivity index is 1.96. The van der Waals surface area contributed by atoms with E-state index in [1.807, 2.05) is 0 Å². The molecule has 0 aliphatic carbocycles. The normalized spacial score (nSPS) is 17.0. The van der Waals surface area contributed by atoms with E-state index in [4.69, 9.17) is 0 Å². The first kappa shape index (κ1) is 14.7. The number of nitro benzene ring substituents is 1. The topological polar surface area (TPSA) is 92.5 Å². The number of benzene rings is 2. The van der Waals surface area contributed by atoms with Gasteiger partial charge in [-0.15, -0.1) is 0 Å². The zero-order chi connectivity index (χ0) is 16.4. The summed E-state index contributed by atoms with van der Waals surface area (Å²) in [5.74, 6) is -0.433. The van der Waals surface area contributed by atoms with Crippen LogP contribution in [-0.2, 0) is 0 Å². The third-order valence-corrected chi connectivity index (χ3v) is 3.68.